The van der Waals surface area contributed by atoms with Crippen LogP contribution in [0.2, 0.25) is 5.02 Å². The summed E-state index contributed by atoms with van der Waals surface area (Å²) in [5.74, 6) is 0. The SMILES string of the molecule is O=Cc1cccnc1-c1ccc(CCNS(=O)(=O)c2ccc(Cl)cc2)cc1. The predicted molar refractivity (Wildman–Crippen MR) is 105 cm³/mol. The molecule has 0 fully saturated rings. The van der Waals surface area contributed by atoms with Gasteiger partial charge in [0.05, 0.1) is 10.6 Å². The lowest BCUT2D eigenvalue weighted by Crippen LogP contribution is -2.25. The second-order valence-corrected chi connectivity index (χ2v) is 8.06. The molecule has 1 N–H and O–H groups in total. The number of hydrogen-bond donors (Lipinski definition) is 1. The van der Waals surface area contributed by atoms with Crippen LogP contribution >= 0.6 is 11.6 Å². The zero-order valence-corrected chi connectivity index (χ0v) is 15.9. The summed E-state index contributed by atoms with van der Waals surface area (Å²) in [6.07, 6.45) is 2.96. The minimum absolute atomic E-state index is 0.179. The molecule has 138 valence electrons. The molecule has 0 amide bonds. The maximum absolute atomic E-state index is 12.2. The molecule has 2 aromatic carbocycles. The van der Waals surface area contributed by atoms with Gasteiger partial charge in [-0.25, -0.2) is 13.1 Å². The highest BCUT2D eigenvalue weighted by atomic mass is 35.5. The van der Waals surface area contributed by atoms with Crippen molar-refractivity contribution < 1.29 is 13.2 Å². The number of nitrogens with one attached hydrogen (secondary N) is 1. The van der Waals surface area contributed by atoms with Crippen LogP contribution in [0.3, 0.4) is 0 Å². The summed E-state index contributed by atoms with van der Waals surface area (Å²) in [7, 11) is -3.56. The molecule has 27 heavy (non-hydrogen) atoms. The smallest absolute Gasteiger partial charge is 0.240 e. The molecule has 0 saturated carbocycles. The van der Waals surface area contributed by atoms with Gasteiger partial charge in [-0.05, 0) is 48.4 Å². The van der Waals surface area contributed by atoms with E-state index >= 15 is 0 Å². The third-order valence-electron chi connectivity index (χ3n) is 4.02. The van der Waals surface area contributed by atoms with Gasteiger partial charge in [0.2, 0.25) is 10.0 Å². The summed E-state index contributed by atoms with van der Waals surface area (Å²) in [5.41, 5.74) is 2.97. The molecule has 7 heteroatoms. The molecule has 3 aromatic rings. The summed E-state index contributed by atoms with van der Waals surface area (Å²) < 4.78 is 27.1. The van der Waals surface area contributed by atoms with Crippen molar-refractivity contribution in [3.05, 3.63) is 83.0 Å². The van der Waals surface area contributed by atoms with Crippen molar-refractivity contribution >= 4 is 27.9 Å². The van der Waals surface area contributed by atoms with Gasteiger partial charge in [-0.3, -0.25) is 9.78 Å². The Morgan fingerprint density at radius 3 is 2.37 bits per heavy atom. The fraction of sp³-hybridized carbons (Fsp3) is 0.100. The van der Waals surface area contributed by atoms with Crippen LogP contribution in [0, 0.1) is 0 Å². The molecule has 3 rings (SSSR count). The summed E-state index contributed by atoms with van der Waals surface area (Å²) in [5, 5.41) is 0.486. The van der Waals surface area contributed by atoms with Crippen molar-refractivity contribution in [3.8, 4) is 11.3 Å². The van der Waals surface area contributed by atoms with Gasteiger partial charge in [0.15, 0.2) is 6.29 Å². The van der Waals surface area contributed by atoms with Crippen molar-refractivity contribution in [2.45, 2.75) is 11.3 Å². The number of benzene rings is 2. The van der Waals surface area contributed by atoms with Crippen molar-refractivity contribution in [1.29, 1.82) is 0 Å². The van der Waals surface area contributed by atoms with Crippen molar-refractivity contribution in [2.24, 2.45) is 0 Å². The topological polar surface area (TPSA) is 76.1 Å². The Hall–Kier alpha value is -2.54. The van der Waals surface area contributed by atoms with Crippen molar-refractivity contribution in [1.82, 2.24) is 9.71 Å². The predicted octanol–water partition coefficient (Wildman–Crippen LogP) is 3.74. The molecule has 5 nitrogen and oxygen atoms in total. The van der Waals surface area contributed by atoms with Gasteiger partial charge in [0.25, 0.3) is 0 Å². The minimum atomic E-state index is -3.56. The molecule has 0 saturated heterocycles. The maximum Gasteiger partial charge on any atom is 0.240 e. The van der Waals surface area contributed by atoms with E-state index in [0.717, 1.165) is 17.4 Å². The Morgan fingerprint density at radius 2 is 1.70 bits per heavy atom. The van der Waals surface area contributed by atoms with Crippen LogP contribution in [0.1, 0.15) is 15.9 Å². The summed E-state index contributed by atoms with van der Waals surface area (Å²) >= 11 is 5.78. The van der Waals surface area contributed by atoms with Crippen LogP contribution in [0.4, 0.5) is 0 Å². The van der Waals surface area contributed by atoms with Gasteiger partial charge in [0, 0.05) is 28.9 Å². The normalized spacial score (nSPS) is 11.3. The molecule has 0 aliphatic rings. The van der Waals surface area contributed by atoms with Gasteiger partial charge >= 0.3 is 0 Å². The molecular weight excluding hydrogens is 384 g/mol. The Morgan fingerprint density at radius 1 is 1.00 bits per heavy atom. The molecule has 1 aromatic heterocycles. The van der Waals surface area contributed by atoms with Crippen LogP contribution < -0.4 is 4.72 Å². The highest BCUT2D eigenvalue weighted by Gasteiger charge is 2.13. The first-order valence-electron chi connectivity index (χ1n) is 8.24. The lowest BCUT2D eigenvalue weighted by atomic mass is 10.0. The first-order valence-corrected chi connectivity index (χ1v) is 10.1. The number of aromatic nitrogens is 1. The molecule has 1 heterocycles. The zero-order valence-electron chi connectivity index (χ0n) is 14.3. The third-order valence-corrected chi connectivity index (χ3v) is 5.75. The van der Waals surface area contributed by atoms with E-state index in [0.29, 0.717) is 22.7 Å². The fourth-order valence-corrected chi connectivity index (χ4v) is 3.77. The maximum atomic E-state index is 12.2. The van der Waals surface area contributed by atoms with Crippen molar-refractivity contribution in [2.75, 3.05) is 6.54 Å². The van der Waals surface area contributed by atoms with Crippen molar-refractivity contribution in [3.63, 3.8) is 0 Å². The number of sulfonamides is 1. The van der Waals surface area contributed by atoms with E-state index in [4.69, 9.17) is 11.6 Å². The monoisotopic (exact) mass is 400 g/mol. The number of pyridine rings is 1. The van der Waals surface area contributed by atoms with Gasteiger partial charge in [-0.2, -0.15) is 0 Å². The fourth-order valence-electron chi connectivity index (χ4n) is 2.61. The summed E-state index contributed by atoms with van der Waals surface area (Å²) in [6.45, 7) is 0.271. The second kappa shape index (κ2) is 8.43. The number of rotatable bonds is 7. The number of halogens is 1. The minimum Gasteiger partial charge on any atom is -0.298 e. The van der Waals surface area contributed by atoms with Gasteiger partial charge < -0.3 is 0 Å². The number of hydrogen-bond acceptors (Lipinski definition) is 4. The number of carbonyl (C=O) groups is 1. The Balaban J connectivity index is 1.64. The average Bonchev–Trinajstić information content (AvgIpc) is 2.69. The van der Waals surface area contributed by atoms with Crippen LogP contribution in [0.5, 0.6) is 0 Å². The van der Waals surface area contributed by atoms with Crippen LogP contribution in [-0.4, -0.2) is 26.2 Å². The lowest BCUT2D eigenvalue weighted by Gasteiger charge is -2.08. The van der Waals surface area contributed by atoms with E-state index in [1.165, 1.54) is 12.1 Å². The summed E-state index contributed by atoms with van der Waals surface area (Å²) in [6, 6.07) is 17.0. The van der Waals surface area contributed by atoms with E-state index in [1.807, 2.05) is 24.3 Å². The van der Waals surface area contributed by atoms with Gasteiger partial charge in [-0.1, -0.05) is 35.9 Å². The van der Waals surface area contributed by atoms with Crippen LogP contribution in [-0.2, 0) is 16.4 Å². The van der Waals surface area contributed by atoms with E-state index in [2.05, 4.69) is 9.71 Å². The highest BCUT2D eigenvalue weighted by Crippen LogP contribution is 2.20. The first-order chi connectivity index (χ1) is 13.0. The summed E-state index contributed by atoms with van der Waals surface area (Å²) in [4.78, 5) is 15.6. The quantitative estimate of drug-likeness (QED) is 0.613. The largest absolute Gasteiger partial charge is 0.298 e. The van der Waals surface area contributed by atoms with E-state index in [9.17, 15) is 13.2 Å². The number of carbonyl (C=O) groups excluding carboxylic acids is 1. The molecule has 0 spiro atoms. The van der Waals surface area contributed by atoms with Gasteiger partial charge in [0.1, 0.15) is 0 Å². The average molecular weight is 401 g/mol. The zero-order chi connectivity index (χ0) is 19.3. The Bertz CT molecular complexity index is 1030. The molecule has 0 aliphatic carbocycles. The first kappa shape index (κ1) is 19.2. The second-order valence-electron chi connectivity index (χ2n) is 5.86. The third kappa shape index (κ3) is 4.80. The van der Waals surface area contributed by atoms with Gasteiger partial charge in [-0.15, -0.1) is 0 Å². The number of aldehydes is 1. The molecule has 0 radical (unpaired) electrons. The lowest BCUT2D eigenvalue weighted by molar-refractivity contribution is 0.112. The van der Waals surface area contributed by atoms with Crippen LogP contribution in [0.25, 0.3) is 11.3 Å². The van der Waals surface area contributed by atoms with Crippen LogP contribution in [0.15, 0.2) is 71.8 Å². The Kier molecular flexibility index (Phi) is 6.01. The molecule has 0 atom stereocenters. The highest BCUT2D eigenvalue weighted by molar-refractivity contribution is 7.89. The molecule has 0 unspecified atom stereocenters. The van der Waals surface area contributed by atoms with E-state index in [1.54, 1.807) is 30.5 Å². The van der Waals surface area contributed by atoms with E-state index < -0.39 is 10.0 Å². The Labute approximate surface area is 163 Å². The molecular formula is C20H17ClN2O3S. The standard InChI is InChI=1S/C20H17ClN2O3S/c21-18-7-9-19(10-8-18)27(25,26)23-13-11-15-3-5-16(6-4-15)20-17(14-24)2-1-12-22-20/h1-10,12,14,23H,11,13H2. The van der Waals surface area contributed by atoms with E-state index in [-0.39, 0.29) is 11.4 Å². The molecule has 0 bridgehead atoms. The molecule has 0 aliphatic heterocycles. The number of nitrogens with zero attached hydrogens (tertiary/aromatic N) is 1.